The number of benzene rings is 1. The molecule has 4 heteroatoms. The molecule has 0 unspecified atom stereocenters. The molecule has 0 spiro atoms. The molecule has 1 aliphatic rings. The van der Waals surface area contributed by atoms with Crippen LogP contribution < -0.4 is 5.32 Å². The van der Waals surface area contributed by atoms with E-state index in [4.69, 9.17) is 0 Å². The van der Waals surface area contributed by atoms with Crippen molar-refractivity contribution in [3.8, 4) is 5.75 Å². The lowest BCUT2D eigenvalue weighted by Crippen LogP contribution is -2.52. The van der Waals surface area contributed by atoms with Crippen LogP contribution in [-0.4, -0.2) is 41.6 Å². The van der Waals surface area contributed by atoms with Gasteiger partial charge in [-0.2, -0.15) is 0 Å². The number of carbonyl (C=O) groups is 1. The maximum absolute atomic E-state index is 12.1. The predicted octanol–water partition coefficient (Wildman–Crippen LogP) is 0.755. The first-order valence-electron chi connectivity index (χ1n) is 5.95. The van der Waals surface area contributed by atoms with Gasteiger partial charge in [0.25, 0.3) is 0 Å². The summed E-state index contributed by atoms with van der Waals surface area (Å²) in [4.78, 5) is 14.0. The molecular weight excluding hydrogens is 216 g/mol. The van der Waals surface area contributed by atoms with Gasteiger partial charge in [-0.05, 0) is 13.0 Å². The highest BCUT2D eigenvalue weighted by atomic mass is 16.3. The number of nitrogens with zero attached hydrogens (tertiary/aromatic N) is 1. The highest BCUT2D eigenvalue weighted by molar-refractivity contribution is 5.79. The molecular formula is C13H18N2O2. The molecule has 0 aliphatic carbocycles. The highest BCUT2D eigenvalue weighted by Crippen LogP contribution is 2.17. The first kappa shape index (κ1) is 11.9. The second-order valence-electron chi connectivity index (χ2n) is 4.45. The molecule has 1 heterocycles. The SMILES string of the molecule is C[C@@H]1CNCCN1C(=O)Cc1ccccc1O. The van der Waals surface area contributed by atoms with Gasteiger partial charge in [-0.25, -0.2) is 0 Å². The lowest BCUT2D eigenvalue weighted by Gasteiger charge is -2.34. The highest BCUT2D eigenvalue weighted by Gasteiger charge is 2.23. The molecule has 1 aliphatic heterocycles. The first-order valence-corrected chi connectivity index (χ1v) is 5.95. The van der Waals surface area contributed by atoms with E-state index in [9.17, 15) is 9.90 Å². The van der Waals surface area contributed by atoms with Crippen molar-refractivity contribution in [1.29, 1.82) is 0 Å². The first-order chi connectivity index (χ1) is 8.18. The molecule has 2 rings (SSSR count). The Labute approximate surface area is 101 Å². The topological polar surface area (TPSA) is 52.6 Å². The Morgan fingerprint density at radius 1 is 1.53 bits per heavy atom. The van der Waals surface area contributed by atoms with Gasteiger partial charge in [-0.3, -0.25) is 4.79 Å². The number of phenolic OH excluding ortho intramolecular Hbond substituents is 1. The molecule has 1 saturated heterocycles. The van der Waals surface area contributed by atoms with Gasteiger partial charge < -0.3 is 15.3 Å². The molecule has 92 valence electrons. The van der Waals surface area contributed by atoms with E-state index in [0.717, 1.165) is 19.6 Å². The Morgan fingerprint density at radius 3 is 3.00 bits per heavy atom. The van der Waals surface area contributed by atoms with Gasteiger partial charge >= 0.3 is 0 Å². The summed E-state index contributed by atoms with van der Waals surface area (Å²) in [5.41, 5.74) is 0.697. The van der Waals surface area contributed by atoms with Gasteiger partial charge in [0, 0.05) is 31.2 Å². The number of rotatable bonds is 2. The summed E-state index contributed by atoms with van der Waals surface area (Å²) < 4.78 is 0. The van der Waals surface area contributed by atoms with Gasteiger partial charge in [0.2, 0.25) is 5.91 Å². The second kappa shape index (κ2) is 5.19. The minimum absolute atomic E-state index is 0.0838. The van der Waals surface area contributed by atoms with Gasteiger partial charge in [0.15, 0.2) is 0 Å². The molecule has 1 aromatic rings. The van der Waals surface area contributed by atoms with E-state index in [0.29, 0.717) is 5.56 Å². The van der Waals surface area contributed by atoms with E-state index in [1.807, 2.05) is 17.9 Å². The van der Waals surface area contributed by atoms with Crippen molar-refractivity contribution in [1.82, 2.24) is 10.2 Å². The minimum Gasteiger partial charge on any atom is -0.508 e. The average molecular weight is 234 g/mol. The monoisotopic (exact) mass is 234 g/mol. The van der Waals surface area contributed by atoms with Crippen molar-refractivity contribution in [2.24, 2.45) is 0 Å². The lowest BCUT2D eigenvalue weighted by molar-refractivity contribution is -0.133. The number of hydrogen-bond donors (Lipinski definition) is 2. The number of nitrogens with one attached hydrogen (secondary N) is 1. The Hall–Kier alpha value is -1.55. The molecule has 1 amide bonds. The van der Waals surface area contributed by atoms with Crippen LogP contribution in [0.1, 0.15) is 12.5 Å². The number of amides is 1. The number of hydrogen-bond acceptors (Lipinski definition) is 3. The fourth-order valence-electron chi connectivity index (χ4n) is 2.14. The van der Waals surface area contributed by atoms with Crippen LogP contribution in [0.3, 0.4) is 0 Å². The van der Waals surface area contributed by atoms with Crippen LogP contribution in [0.25, 0.3) is 0 Å². The molecule has 17 heavy (non-hydrogen) atoms. The third-order valence-corrected chi connectivity index (χ3v) is 3.15. The standard InChI is InChI=1S/C13H18N2O2/c1-10-9-14-6-7-15(10)13(17)8-11-4-2-3-5-12(11)16/h2-5,10,14,16H,6-9H2,1H3/t10-/m1/s1. The Morgan fingerprint density at radius 2 is 2.29 bits per heavy atom. The van der Waals surface area contributed by atoms with Crippen LogP contribution >= 0.6 is 0 Å². The summed E-state index contributed by atoms with van der Waals surface area (Å²) in [6.45, 7) is 4.46. The maximum Gasteiger partial charge on any atom is 0.227 e. The van der Waals surface area contributed by atoms with Gasteiger partial charge in [0.05, 0.1) is 6.42 Å². The van der Waals surface area contributed by atoms with E-state index in [1.54, 1.807) is 18.2 Å². The summed E-state index contributed by atoms with van der Waals surface area (Å²) in [7, 11) is 0. The fourth-order valence-corrected chi connectivity index (χ4v) is 2.14. The van der Waals surface area contributed by atoms with Crippen LogP contribution in [-0.2, 0) is 11.2 Å². The zero-order valence-corrected chi connectivity index (χ0v) is 10.0. The van der Waals surface area contributed by atoms with Crippen molar-refractivity contribution >= 4 is 5.91 Å². The average Bonchev–Trinajstić information content (AvgIpc) is 2.32. The van der Waals surface area contributed by atoms with Crippen molar-refractivity contribution in [3.05, 3.63) is 29.8 Å². The molecule has 0 radical (unpaired) electrons. The van der Waals surface area contributed by atoms with E-state index < -0.39 is 0 Å². The molecule has 4 nitrogen and oxygen atoms in total. The number of piperazine rings is 1. The summed E-state index contributed by atoms with van der Waals surface area (Å²) in [5.74, 6) is 0.282. The van der Waals surface area contributed by atoms with Crippen LogP contribution in [0.4, 0.5) is 0 Å². The molecule has 0 saturated carbocycles. The van der Waals surface area contributed by atoms with Gasteiger partial charge in [-0.15, -0.1) is 0 Å². The summed E-state index contributed by atoms with van der Waals surface area (Å²) >= 11 is 0. The molecule has 1 aromatic carbocycles. The maximum atomic E-state index is 12.1. The summed E-state index contributed by atoms with van der Waals surface area (Å²) in [6, 6.07) is 7.23. The molecule has 1 atom stereocenters. The zero-order valence-electron chi connectivity index (χ0n) is 10.0. The van der Waals surface area contributed by atoms with Gasteiger partial charge in [-0.1, -0.05) is 18.2 Å². The zero-order chi connectivity index (χ0) is 12.3. The quantitative estimate of drug-likeness (QED) is 0.794. The number of aromatic hydroxyl groups is 1. The van der Waals surface area contributed by atoms with Crippen molar-refractivity contribution in [3.63, 3.8) is 0 Å². The Bertz CT molecular complexity index is 406. The van der Waals surface area contributed by atoms with Crippen LogP contribution in [0, 0.1) is 0 Å². The molecule has 1 fully saturated rings. The van der Waals surface area contributed by atoms with Crippen molar-refractivity contribution in [2.45, 2.75) is 19.4 Å². The summed E-state index contributed by atoms with van der Waals surface area (Å²) in [6.07, 6.45) is 0.275. The molecule has 0 aromatic heterocycles. The number of carbonyl (C=O) groups excluding carboxylic acids is 1. The minimum atomic E-state index is 0.0838. The fraction of sp³-hybridized carbons (Fsp3) is 0.462. The molecule has 2 N–H and O–H groups in total. The Kier molecular flexibility index (Phi) is 3.64. The normalized spacial score (nSPS) is 20.3. The smallest absolute Gasteiger partial charge is 0.227 e. The molecule has 0 bridgehead atoms. The summed E-state index contributed by atoms with van der Waals surface area (Å²) in [5, 5.41) is 12.9. The van der Waals surface area contributed by atoms with E-state index in [1.165, 1.54) is 0 Å². The van der Waals surface area contributed by atoms with Crippen molar-refractivity contribution in [2.75, 3.05) is 19.6 Å². The third kappa shape index (κ3) is 2.77. The van der Waals surface area contributed by atoms with E-state index in [2.05, 4.69) is 5.32 Å². The van der Waals surface area contributed by atoms with E-state index >= 15 is 0 Å². The Balaban J connectivity index is 2.03. The number of phenols is 1. The lowest BCUT2D eigenvalue weighted by atomic mass is 10.1. The third-order valence-electron chi connectivity index (χ3n) is 3.15. The van der Waals surface area contributed by atoms with Crippen LogP contribution in [0.5, 0.6) is 5.75 Å². The van der Waals surface area contributed by atoms with Gasteiger partial charge in [0.1, 0.15) is 5.75 Å². The second-order valence-corrected chi connectivity index (χ2v) is 4.45. The van der Waals surface area contributed by atoms with Crippen LogP contribution in [0.15, 0.2) is 24.3 Å². The van der Waals surface area contributed by atoms with Crippen molar-refractivity contribution < 1.29 is 9.90 Å². The predicted molar refractivity (Wildman–Crippen MR) is 65.9 cm³/mol. The van der Waals surface area contributed by atoms with E-state index in [-0.39, 0.29) is 24.1 Å². The largest absolute Gasteiger partial charge is 0.508 e. The number of para-hydroxylation sites is 1. The van der Waals surface area contributed by atoms with Crippen LogP contribution in [0.2, 0.25) is 0 Å².